The van der Waals surface area contributed by atoms with Crippen molar-refractivity contribution in [1.29, 1.82) is 0 Å². The van der Waals surface area contributed by atoms with Gasteiger partial charge >= 0.3 is 5.97 Å². The maximum atomic E-state index is 11.7. The molecule has 1 heterocycles. The van der Waals surface area contributed by atoms with E-state index in [-0.39, 0.29) is 16.9 Å². The van der Waals surface area contributed by atoms with Gasteiger partial charge in [-0.3, -0.25) is 9.00 Å². The Kier molecular flexibility index (Phi) is 5.75. The van der Waals surface area contributed by atoms with Crippen molar-refractivity contribution in [2.75, 3.05) is 19.9 Å². The van der Waals surface area contributed by atoms with Crippen molar-refractivity contribution in [2.24, 2.45) is 0 Å². The third kappa shape index (κ3) is 4.51. The Morgan fingerprint density at radius 2 is 2.05 bits per heavy atom. The minimum atomic E-state index is -0.893. The number of aromatic nitrogens is 1. The quantitative estimate of drug-likeness (QED) is 0.753. The van der Waals surface area contributed by atoms with Crippen molar-refractivity contribution in [3.63, 3.8) is 0 Å². The molecule has 19 heavy (non-hydrogen) atoms. The van der Waals surface area contributed by atoms with Crippen LogP contribution in [0, 0.1) is 0 Å². The second kappa shape index (κ2) is 7.08. The van der Waals surface area contributed by atoms with E-state index in [9.17, 15) is 13.8 Å². The summed E-state index contributed by atoms with van der Waals surface area (Å²) in [5.74, 6) is -0.821. The van der Waals surface area contributed by atoms with Gasteiger partial charge in [-0.05, 0) is 18.6 Å². The average molecular weight is 286 g/mol. The molecular weight excluding hydrogens is 268 g/mol. The van der Waals surface area contributed by atoms with Crippen molar-refractivity contribution in [3.05, 3.63) is 23.5 Å². The lowest BCUT2D eigenvalue weighted by atomic mass is 10.3. The van der Waals surface area contributed by atoms with Crippen molar-refractivity contribution in [3.8, 4) is 0 Å². The van der Waals surface area contributed by atoms with E-state index in [1.807, 2.05) is 6.92 Å². The molecular formula is C12H18N2O4S. The molecule has 1 aromatic rings. The molecule has 2 unspecified atom stereocenters. The van der Waals surface area contributed by atoms with E-state index >= 15 is 0 Å². The highest BCUT2D eigenvalue weighted by molar-refractivity contribution is 7.84. The predicted octanol–water partition coefficient (Wildman–Crippen LogP) is 0.688. The summed E-state index contributed by atoms with van der Waals surface area (Å²) in [4.78, 5) is 25.6. The summed E-state index contributed by atoms with van der Waals surface area (Å²) in [6.07, 6.45) is 2.28. The van der Waals surface area contributed by atoms with E-state index in [1.165, 1.54) is 19.2 Å². The largest absolute Gasteiger partial charge is 0.464 e. The molecule has 1 amide bonds. The van der Waals surface area contributed by atoms with E-state index in [0.717, 1.165) is 0 Å². The lowest BCUT2D eigenvalue weighted by Gasteiger charge is -2.08. The molecule has 0 aromatic carbocycles. The van der Waals surface area contributed by atoms with Crippen LogP contribution in [0.2, 0.25) is 0 Å². The molecule has 0 fully saturated rings. The second-order valence-electron chi connectivity index (χ2n) is 4.13. The molecule has 0 aliphatic carbocycles. The maximum absolute atomic E-state index is 11.7. The monoisotopic (exact) mass is 286 g/mol. The highest BCUT2D eigenvalue weighted by Crippen LogP contribution is 2.04. The molecule has 0 aliphatic heterocycles. The fraction of sp³-hybridized carbons (Fsp3) is 0.500. The fourth-order valence-corrected chi connectivity index (χ4v) is 1.86. The second-order valence-corrected chi connectivity index (χ2v) is 5.93. The van der Waals surface area contributed by atoms with E-state index < -0.39 is 16.8 Å². The zero-order valence-electron chi connectivity index (χ0n) is 11.2. The molecule has 0 radical (unpaired) electrons. The van der Waals surface area contributed by atoms with Gasteiger partial charge in [0.05, 0.1) is 7.11 Å². The smallest absolute Gasteiger partial charge is 0.354 e. The highest BCUT2D eigenvalue weighted by atomic mass is 32.2. The molecule has 1 rings (SSSR count). The van der Waals surface area contributed by atoms with Crippen molar-refractivity contribution >= 4 is 22.7 Å². The van der Waals surface area contributed by atoms with Crippen LogP contribution in [-0.4, -0.2) is 46.2 Å². The summed E-state index contributed by atoms with van der Waals surface area (Å²) < 4.78 is 15.7. The molecule has 0 saturated heterocycles. The number of nitrogens with one attached hydrogen (secondary N) is 2. The van der Waals surface area contributed by atoms with Crippen molar-refractivity contribution < 1.29 is 18.5 Å². The predicted molar refractivity (Wildman–Crippen MR) is 72.6 cm³/mol. The molecule has 2 N–H and O–H groups in total. The summed E-state index contributed by atoms with van der Waals surface area (Å²) >= 11 is 0. The van der Waals surface area contributed by atoms with Crippen LogP contribution in [0.25, 0.3) is 0 Å². The van der Waals surface area contributed by atoms with E-state index in [0.29, 0.717) is 18.7 Å². The Balaban J connectivity index is 2.48. The van der Waals surface area contributed by atoms with Crippen LogP contribution >= 0.6 is 0 Å². The number of methoxy groups -OCH3 is 1. The Morgan fingerprint density at radius 3 is 2.63 bits per heavy atom. The van der Waals surface area contributed by atoms with Gasteiger partial charge in [0.1, 0.15) is 11.4 Å². The normalized spacial score (nSPS) is 13.6. The summed E-state index contributed by atoms with van der Waals surface area (Å²) in [5.41, 5.74) is 0.529. The van der Waals surface area contributed by atoms with Gasteiger partial charge in [-0.1, -0.05) is 6.92 Å². The highest BCUT2D eigenvalue weighted by Gasteiger charge is 2.13. The minimum Gasteiger partial charge on any atom is -0.464 e. The fourth-order valence-electron chi connectivity index (χ4n) is 1.41. The van der Waals surface area contributed by atoms with E-state index in [2.05, 4.69) is 15.0 Å². The Morgan fingerprint density at radius 1 is 1.42 bits per heavy atom. The molecule has 0 bridgehead atoms. The van der Waals surface area contributed by atoms with Gasteiger partial charge in [-0.25, -0.2) is 4.79 Å². The van der Waals surface area contributed by atoms with E-state index in [4.69, 9.17) is 0 Å². The SMILES string of the molecule is COC(=O)c1ccc(C(=O)NCCC(C)S(C)=O)[nH]1. The zero-order chi connectivity index (χ0) is 14.4. The minimum absolute atomic E-state index is 0.0366. The van der Waals surface area contributed by atoms with Crippen LogP contribution < -0.4 is 5.32 Å². The number of hydrogen-bond donors (Lipinski definition) is 2. The van der Waals surface area contributed by atoms with Gasteiger partial charge in [0.15, 0.2) is 0 Å². The molecule has 0 aliphatic rings. The first kappa shape index (κ1) is 15.4. The van der Waals surface area contributed by atoms with Crippen LogP contribution in [-0.2, 0) is 15.5 Å². The lowest BCUT2D eigenvalue weighted by molar-refractivity contribution is 0.0595. The standard InChI is InChI=1S/C12H18N2O4S/c1-8(19(3)17)6-7-13-11(15)9-4-5-10(14-9)12(16)18-2/h4-5,8,14H,6-7H2,1-3H3,(H,13,15). The number of hydrogen-bond acceptors (Lipinski definition) is 4. The number of ether oxygens (including phenoxy) is 1. The third-order valence-corrected chi connectivity index (χ3v) is 4.11. The van der Waals surface area contributed by atoms with Crippen molar-refractivity contribution in [1.82, 2.24) is 10.3 Å². The first-order chi connectivity index (χ1) is 8.95. The number of aromatic amines is 1. The summed E-state index contributed by atoms with van der Waals surface area (Å²) in [7, 11) is 0.380. The van der Waals surface area contributed by atoms with Crippen molar-refractivity contribution in [2.45, 2.75) is 18.6 Å². The summed E-state index contributed by atoms with van der Waals surface area (Å²) in [6, 6.07) is 3.01. The number of carbonyl (C=O) groups excluding carboxylic acids is 2. The first-order valence-corrected chi connectivity index (χ1v) is 7.45. The van der Waals surface area contributed by atoms with Gasteiger partial charge in [0.2, 0.25) is 0 Å². The van der Waals surface area contributed by atoms with Gasteiger partial charge in [0.25, 0.3) is 5.91 Å². The van der Waals surface area contributed by atoms with Crippen LogP contribution in [0.15, 0.2) is 12.1 Å². The van der Waals surface area contributed by atoms with Gasteiger partial charge in [0, 0.05) is 28.9 Å². The van der Waals surface area contributed by atoms with Crippen LogP contribution in [0.3, 0.4) is 0 Å². The molecule has 1 aromatic heterocycles. The number of rotatable bonds is 6. The molecule has 106 valence electrons. The Labute approximate surface area is 114 Å². The molecule has 2 atom stereocenters. The van der Waals surface area contributed by atoms with Crippen LogP contribution in [0.1, 0.15) is 34.3 Å². The average Bonchev–Trinajstić information content (AvgIpc) is 2.86. The van der Waals surface area contributed by atoms with Crippen LogP contribution in [0.4, 0.5) is 0 Å². The number of H-pyrrole nitrogens is 1. The summed E-state index contributed by atoms with van der Waals surface area (Å²) in [6.45, 7) is 2.30. The Hall–Kier alpha value is -1.63. The van der Waals surface area contributed by atoms with Crippen LogP contribution in [0.5, 0.6) is 0 Å². The molecule has 7 heteroatoms. The number of amides is 1. The van der Waals surface area contributed by atoms with Gasteiger partial charge < -0.3 is 15.0 Å². The topological polar surface area (TPSA) is 88.3 Å². The summed E-state index contributed by atoms with van der Waals surface area (Å²) in [5, 5.41) is 2.73. The molecule has 0 saturated carbocycles. The van der Waals surface area contributed by atoms with Gasteiger partial charge in [-0.15, -0.1) is 0 Å². The van der Waals surface area contributed by atoms with E-state index in [1.54, 1.807) is 6.26 Å². The first-order valence-electron chi connectivity index (χ1n) is 5.83. The third-order valence-electron chi connectivity index (χ3n) is 2.74. The molecule has 0 spiro atoms. The Bertz CT molecular complexity index is 484. The van der Waals surface area contributed by atoms with Gasteiger partial charge in [-0.2, -0.15) is 0 Å². The maximum Gasteiger partial charge on any atom is 0.354 e. The lowest BCUT2D eigenvalue weighted by Crippen LogP contribution is -2.27. The number of esters is 1. The zero-order valence-corrected chi connectivity index (χ0v) is 12.0. The molecule has 6 nitrogen and oxygen atoms in total. The number of carbonyl (C=O) groups is 2.